The van der Waals surface area contributed by atoms with Crippen LogP contribution in [0.15, 0.2) is 48.5 Å². The van der Waals surface area contributed by atoms with Crippen molar-refractivity contribution in [2.45, 2.75) is 32.9 Å². The zero-order valence-electron chi connectivity index (χ0n) is 15.7. The second kappa shape index (κ2) is 10.7. The Balaban J connectivity index is 2.03. The minimum atomic E-state index is -0.141. The molecule has 0 aliphatic rings. The molecule has 146 valence electrons. The topological polar surface area (TPSA) is 52.6 Å². The number of benzene rings is 2. The molecule has 1 amide bonds. The molecule has 6 heteroatoms. The molecule has 0 radical (unpaired) electrons. The molecule has 27 heavy (non-hydrogen) atoms. The molecule has 2 aromatic carbocycles. The van der Waals surface area contributed by atoms with Crippen LogP contribution in [0.1, 0.15) is 25.8 Å². The molecule has 2 aromatic rings. The van der Waals surface area contributed by atoms with Crippen molar-refractivity contribution < 1.29 is 9.90 Å². The number of carbonyl (C=O) groups excluding carboxylic acids is 1. The van der Waals surface area contributed by atoms with Gasteiger partial charge in [0, 0.05) is 30.6 Å². The van der Waals surface area contributed by atoms with E-state index in [-0.39, 0.29) is 24.5 Å². The third kappa shape index (κ3) is 6.82. The lowest BCUT2D eigenvalue weighted by Gasteiger charge is -2.33. The standard InChI is InChI=1S/C21H26Cl2N2O2/c1-15(2)20(14-26)25(13-16-6-4-3-5-7-16)11-10-21(27)24-19-12-17(22)8-9-18(19)23/h3-9,12,15,20,26H,10-11,13-14H2,1-2H3,(H,24,27). The number of hydrogen-bond donors (Lipinski definition) is 2. The van der Waals surface area contributed by atoms with E-state index in [9.17, 15) is 9.90 Å². The highest BCUT2D eigenvalue weighted by Crippen LogP contribution is 2.25. The van der Waals surface area contributed by atoms with E-state index in [0.29, 0.717) is 35.2 Å². The van der Waals surface area contributed by atoms with Gasteiger partial charge in [0.1, 0.15) is 0 Å². The minimum Gasteiger partial charge on any atom is -0.395 e. The van der Waals surface area contributed by atoms with Crippen molar-refractivity contribution >= 4 is 34.8 Å². The summed E-state index contributed by atoms with van der Waals surface area (Å²) >= 11 is 12.1. The first-order valence-electron chi connectivity index (χ1n) is 9.04. The van der Waals surface area contributed by atoms with Gasteiger partial charge in [-0.25, -0.2) is 0 Å². The van der Waals surface area contributed by atoms with Crippen LogP contribution in [0, 0.1) is 5.92 Å². The maximum Gasteiger partial charge on any atom is 0.225 e. The van der Waals surface area contributed by atoms with Crippen LogP contribution in [0.2, 0.25) is 10.0 Å². The van der Waals surface area contributed by atoms with Gasteiger partial charge in [0.2, 0.25) is 5.91 Å². The number of aliphatic hydroxyl groups excluding tert-OH is 1. The van der Waals surface area contributed by atoms with Gasteiger partial charge in [0.15, 0.2) is 0 Å². The van der Waals surface area contributed by atoms with Gasteiger partial charge < -0.3 is 10.4 Å². The molecule has 2 N–H and O–H groups in total. The summed E-state index contributed by atoms with van der Waals surface area (Å²) in [4.78, 5) is 14.6. The highest BCUT2D eigenvalue weighted by molar-refractivity contribution is 6.35. The molecule has 0 saturated heterocycles. The fourth-order valence-corrected chi connectivity index (χ4v) is 3.32. The maximum atomic E-state index is 12.4. The Morgan fingerprint density at radius 3 is 2.48 bits per heavy atom. The number of halogens is 2. The first-order chi connectivity index (χ1) is 12.9. The molecule has 4 nitrogen and oxygen atoms in total. The second-order valence-electron chi connectivity index (χ2n) is 6.87. The van der Waals surface area contributed by atoms with Gasteiger partial charge in [0.05, 0.1) is 17.3 Å². The van der Waals surface area contributed by atoms with Crippen LogP contribution in [0.3, 0.4) is 0 Å². The van der Waals surface area contributed by atoms with E-state index in [4.69, 9.17) is 23.2 Å². The molecular weight excluding hydrogens is 383 g/mol. The lowest BCUT2D eigenvalue weighted by molar-refractivity contribution is -0.116. The summed E-state index contributed by atoms with van der Waals surface area (Å²) in [6.45, 7) is 5.40. The van der Waals surface area contributed by atoms with Crippen LogP contribution < -0.4 is 5.32 Å². The predicted octanol–water partition coefficient (Wildman–Crippen LogP) is 4.84. The number of aliphatic hydroxyl groups is 1. The Morgan fingerprint density at radius 2 is 1.85 bits per heavy atom. The van der Waals surface area contributed by atoms with Crippen molar-refractivity contribution in [3.63, 3.8) is 0 Å². The number of rotatable bonds is 9. The summed E-state index contributed by atoms with van der Waals surface area (Å²) in [5.41, 5.74) is 1.65. The number of nitrogens with one attached hydrogen (secondary N) is 1. The lowest BCUT2D eigenvalue weighted by atomic mass is 10.0. The zero-order chi connectivity index (χ0) is 19.8. The van der Waals surface area contributed by atoms with Crippen LogP contribution in [0.5, 0.6) is 0 Å². The fraction of sp³-hybridized carbons (Fsp3) is 0.381. The van der Waals surface area contributed by atoms with E-state index < -0.39 is 0 Å². The number of nitrogens with zero attached hydrogens (tertiary/aromatic N) is 1. The van der Waals surface area contributed by atoms with E-state index in [1.54, 1.807) is 18.2 Å². The zero-order valence-corrected chi connectivity index (χ0v) is 17.2. The van der Waals surface area contributed by atoms with Crippen LogP contribution in [-0.4, -0.2) is 35.1 Å². The lowest BCUT2D eigenvalue weighted by Crippen LogP contribution is -2.42. The summed E-state index contributed by atoms with van der Waals surface area (Å²) in [6, 6.07) is 15.0. The average molecular weight is 409 g/mol. The number of carbonyl (C=O) groups is 1. The molecule has 0 aliphatic heterocycles. The van der Waals surface area contributed by atoms with Crippen molar-refractivity contribution in [2.24, 2.45) is 5.92 Å². The summed E-state index contributed by atoms with van der Waals surface area (Å²) < 4.78 is 0. The van der Waals surface area contributed by atoms with Gasteiger partial charge in [-0.15, -0.1) is 0 Å². The van der Waals surface area contributed by atoms with Gasteiger partial charge in [0.25, 0.3) is 0 Å². The Morgan fingerprint density at radius 1 is 1.15 bits per heavy atom. The monoisotopic (exact) mass is 408 g/mol. The predicted molar refractivity (Wildman–Crippen MR) is 112 cm³/mol. The fourth-order valence-electron chi connectivity index (χ4n) is 2.98. The number of anilines is 1. The summed E-state index contributed by atoms with van der Waals surface area (Å²) in [7, 11) is 0. The third-order valence-electron chi connectivity index (χ3n) is 4.48. The summed E-state index contributed by atoms with van der Waals surface area (Å²) in [5.74, 6) is 0.127. The summed E-state index contributed by atoms with van der Waals surface area (Å²) in [5, 5.41) is 13.6. The van der Waals surface area contributed by atoms with E-state index in [2.05, 4.69) is 24.1 Å². The van der Waals surface area contributed by atoms with Crippen LogP contribution in [0.25, 0.3) is 0 Å². The smallest absolute Gasteiger partial charge is 0.225 e. The molecule has 0 spiro atoms. The Hall–Kier alpha value is -1.59. The van der Waals surface area contributed by atoms with Crippen molar-refractivity contribution in [3.8, 4) is 0 Å². The molecule has 0 saturated carbocycles. The Labute approximate surface area is 171 Å². The molecule has 0 bridgehead atoms. The summed E-state index contributed by atoms with van der Waals surface area (Å²) in [6.07, 6.45) is 0.291. The van der Waals surface area contributed by atoms with Gasteiger partial charge in [-0.2, -0.15) is 0 Å². The van der Waals surface area contributed by atoms with Crippen molar-refractivity contribution in [2.75, 3.05) is 18.5 Å². The SMILES string of the molecule is CC(C)C(CO)N(CCC(=O)Nc1cc(Cl)ccc1Cl)Cc1ccccc1. The van der Waals surface area contributed by atoms with E-state index >= 15 is 0 Å². The van der Waals surface area contributed by atoms with Crippen molar-refractivity contribution in [3.05, 3.63) is 64.1 Å². The Bertz CT molecular complexity index is 738. The largest absolute Gasteiger partial charge is 0.395 e. The number of hydrogen-bond acceptors (Lipinski definition) is 3. The molecule has 1 unspecified atom stereocenters. The minimum absolute atomic E-state index is 0.0206. The van der Waals surface area contributed by atoms with Gasteiger partial charge >= 0.3 is 0 Å². The van der Waals surface area contributed by atoms with E-state index in [0.717, 1.165) is 5.56 Å². The molecule has 1 atom stereocenters. The molecule has 2 rings (SSSR count). The second-order valence-corrected chi connectivity index (χ2v) is 7.72. The highest BCUT2D eigenvalue weighted by Gasteiger charge is 2.22. The van der Waals surface area contributed by atoms with E-state index in [1.165, 1.54) is 0 Å². The van der Waals surface area contributed by atoms with Gasteiger partial charge in [-0.05, 0) is 29.7 Å². The van der Waals surface area contributed by atoms with Crippen molar-refractivity contribution in [1.82, 2.24) is 4.90 Å². The first-order valence-corrected chi connectivity index (χ1v) is 9.80. The van der Waals surface area contributed by atoms with Gasteiger partial charge in [-0.3, -0.25) is 9.69 Å². The van der Waals surface area contributed by atoms with Gasteiger partial charge in [-0.1, -0.05) is 67.4 Å². The highest BCUT2D eigenvalue weighted by atomic mass is 35.5. The van der Waals surface area contributed by atoms with Crippen LogP contribution >= 0.6 is 23.2 Å². The van der Waals surface area contributed by atoms with E-state index in [1.807, 2.05) is 30.3 Å². The molecule has 0 aromatic heterocycles. The van der Waals surface area contributed by atoms with Crippen molar-refractivity contribution in [1.29, 1.82) is 0 Å². The quantitative estimate of drug-likeness (QED) is 0.623. The van der Waals surface area contributed by atoms with Crippen LogP contribution in [0.4, 0.5) is 5.69 Å². The maximum absolute atomic E-state index is 12.4. The molecule has 0 heterocycles. The number of amides is 1. The Kier molecular flexibility index (Phi) is 8.58. The molecule has 0 aliphatic carbocycles. The third-order valence-corrected chi connectivity index (χ3v) is 5.05. The normalized spacial score (nSPS) is 12.4. The first kappa shape index (κ1) is 21.7. The molecule has 0 fully saturated rings. The van der Waals surface area contributed by atoms with Crippen LogP contribution in [-0.2, 0) is 11.3 Å². The average Bonchev–Trinajstić information content (AvgIpc) is 2.63. The molecular formula is C21H26Cl2N2O2.